The number of nitrogens with one attached hydrogen (secondary N) is 1. The number of hydrogen-bond donors (Lipinski definition) is 2. The highest BCUT2D eigenvalue weighted by atomic mass is 79.9. The van der Waals surface area contributed by atoms with Crippen LogP contribution in [0.3, 0.4) is 0 Å². The van der Waals surface area contributed by atoms with Crippen LogP contribution in [-0.4, -0.2) is 0 Å². The quantitative estimate of drug-likeness (QED) is 0.756. The van der Waals surface area contributed by atoms with Gasteiger partial charge in [0.2, 0.25) is 0 Å². The van der Waals surface area contributed by atoms with Crippen molar-refractivity contribution in [2.75, 3.05) is 11.1 Å². The lowest BCUT2D eigenvalue weighted by Crippen LogP contribution is -1.95. The van der Waals surface area contributed by atoms with Crippen molar-refractivity contribution in [1.82, 2.24) is 0 Å². The molecule has 0 aromatic heterocycles. The highest BCUT2D eigenvalue weighted by molar-refractivity contribution is 9.10. The molecule has 2 rings (SSSR count). The van der Waals surface area contributed by atoms with Crippen molar-refractivity contribution < 1.29 is 0 Å². The Morgan fingerprint density at radius 3 is 2.47 bits per heavy atom. The summed E-state index contributed by atoms with van der Waals surface area (Å²) in [4.78, 5) is 0. The van der Waals surface area contributed by atoms with E-state index in [-0.39, 0.29) is 0 Å². The molecule has 0 unspecified atom stereocenters. The average Bonchev–Trinajstić information content (AvgIpc) is 2.27. The van der Waals surface area contributed by atoms with Gasteiger partial charge < -0.3 is 11.1 Å². The Hall–Kier alpha value is -1.00. The van der Waals surface area contributed by atoms with E-state index in [0.717, 1.165) is 26.0 Å². The van der Waals surface area contributed by atoms with Crippen LogP contribution in [0, 0.1) is 6.92 Å². The Morgan fingerprint density at radius 1 is 1.00 bits per heavy atom. The van der Waals surface area contributed by atoms with Gasteiger partial charge in [-0.15, -0.1) is 0 Å². The summed E-state index contributed by atoms with van der Waals surface area (Å²) in [5.41, 5.74) is 9.72. The van der Waals surface area contributed by atoms with E-state index < -0.39 is 0 Å². The molecular formula is C13H12Br2N2. The van der Waals surface area contributed by atoms with Gasteiger partial charge in [-0.25, -0.2) is 0 Å². The average molecular weight is 356 g/mol. The van der Waals surface area contributed by atoms with Crippen LogP contribution in [0.5, 0.6) is 0 Å². The molecule has 0 amide bonds. The van der Waals surface area contributed by atoms with Crippen molar-refractivity contribution in [3.8, 4) is 0 Å². The van der Waals surface area contributed by atoms with E-state index in [0.29, 0.717) is 0 Å². The summed E-state index contributed by atoms with van der Waals surface area (Å²) < 4.78 is 2.01. The Labute approximate surface area is 117 Å². The van der Waals surface area contributed by atoms with E-state index in [1.807, 2.05) is 24.3 Å². The van der Waals surface area contributed by atoms with Crippen LogP contribution in [0.1, 0.15) is 5.56 Å². The number of benzene rings is 2. The maximum atomic E-state index is 5.71. The summed E-state index contributed by atoms with van der Waals surface area (Å²) >= 11 is 6.96. The lowest BCUT2D eigenvalue weighted by Gasteiger charge is -2.12. The second-order valence-electron chi connectivity index (χ2n) is 3.82. The number of nitrogen functional groups attached to an aromatic ring is 1. The molecule has 0 atom stereocenters. The zero-order valence-electron chi connectivity index (χ0n) is 9.30. The smallest absolute Gasteiger partial charge is 0.0530 e. The SMILES string of the molecule is Cc1ccc(Br)cc1Nc1ccc(N)cc1Br. The van der Waals surface area contributed by atoms with Crippen LogP contribution in [-0.2, 0) is 0 Å². The zero-order valence-corrected chi connectivity index (χ0v) is 12.5. The van der Waals surface area contributed by atoms with Gasteiger partial charge >= 0.3 is 0 Å². The Kier molecular flexibility index (Phi) is 3.74. The van der Waals surface area contributed by atoms with E-state index in [1.54, 1.807) is 0 Å². The summed E-state index contributed by atoms with van der Waals surface area (Å²) in [6.45, 7) is 2.07. The molecule has 88 valence electrons. The Bertz CT molecular complexity index is 553. The first-order valence-electron chi connectivity index (χ1n) is 5.14. The summed E-state index contributed by atoms with van der Waals surface area (Å²) in [5.74, 6) is 0. The highest BCUT2D eigenvalue weighted by Gasteiger charge is 2.03. The van der Waals surface area contributed by atoms with Gasteiger partial charge in [-0.1, -0.05) is 22.0 Å². The molecule has 0 bridgehead atoms. The van der Waals surface area contributed by atoms with Crippen LogP contribution in [0.15, 0.2) is 45.3 Å². The van der Waals surface area contributed by atoms with Gasteiger partial charge in [-0.3, -0.25) is 0 Å². The molecule has 4 heteroatoms. The van der Waals surface area contributed by atoms with Gasteiger partial charge in [-0.2, -0.15) is 0 Å². The second-order valence-corrected chi connectivity index (χ2v) is 5.59. The molecule has 0 fully saturated rings. The molecule has 0 aliphatic carbocycles. The number of hydrogen-bond acceptors (Lipinski definition) is 2. The molecule has 0 saturated carbocycles. The van der Waals surface area contributed by atoms with Gasteiger partial charge in [-0.05, 0) is 58.7 Å². The predicted octanol–water partition coefficient (Wildman–Crippen LogP) is 4.85. The van der Waals surface area contributed by atoms with E-state index in [1.165, 1.54) is 5.56 Å². The van der Waals surface area contributed by atoms with Crippen molar-refractivity contribution in [3.63, 3.8) is 0 Å². The third kappa shape index (κ3) is 3.01. The fourth-order valence-corrected chi connectivity index (χ4v) is 2.36. The molecule has 0 spiro atoms. The fourth-order valence-electron chi connectivity index (χ4n) is 1.51. The van der Waals surface area contributed by atoms with Gasteiger partial charge in [0.1, 0.15) is 0 Å². The fraction of sp³-hybridized carbons (Fsp3) is 0.0769. The van der Waals surface area contributed by atoms with E-state index in [2.05, 4.69) is 56.2 Å². The number of halogens is 2. The molecule has 17 heavy (non-hydrogen) atoms. The number of aryl methyl sites for hydroxylation is 1. The number of anilines is 3. The topological polar surface area (TPSA) is 38.0 Å². The molecule has 0 radical (unpaired) electrons. The predicted molar refractivity (Wildman–Crippen MR) is 80.7 cm³/mol. The minimum absolute atomic E-state index is 0.744. The van der Waals surface area contributed by atoms with Crippen molar-refractivity contribution in [2.45, 2.75) is 6.92 Å². The van der Waals surface area contributed by atoms with Crippen molar-refractivity contribution in [3.05, 3.63) is 50.9 Å². The Balaban J connectivity index is 2.34. The maximum Gasteiger partial charge on any atom is 0.0530 e. The summed E-state index contributed by atoms with van der Waals surface area (Å²) in [6, 6.07) is 11.9. The summed E-state index contributed by atoms with van der Waals surface area (Å²) in [7, 11) is 0. The van der Waals surface area contributed by atoms with Crippen molar-refractivity contribution in [1.29, 1.82) is 0 Å². The third-order valence-corrected chi connectivity index (χ3v) is 3.61. The van der Waals surface area contributed by atoms with Crippen molar-refractivity contribution >= 4 is 48.9 Å². The minimum atomic E-state index is 0.744. The molecule has 0 heterocycles. The molecule has 0 aliphatic rings. The number of rotatable bonds is 2. The third-order valence-electron chi connectivity index (χ3n) is 2.46. The largest absolute Gasteiger partial charge is 0.399 e. The van der Waals surface area contributed by atoms with Crippen LogP contribution in [0.25, 0.3) is 0 Å². The van der Waals surface area contributed by atoms with Gasteiger partial charge in [0.05, 0.1) is 5.69 Å². The first-order valence-corrected chi connectivity index (χ1v) is 6.73. The van der Waals surface area contributed by atoms with E-state index >= 15 is 0 Å². The van der Waals surface area contributed by atoms with E-state index in [4.69, 9.17) is 5.73 Å². The van der Waals surface area contributed by atoms with E-state index in [9.17, 15) is 0 Å². The first-order chi connectivity index (χ1) is 8.06. The lowest BCUT2D eigenvalue weighted by atomic mass is 10.2. The molecule has 2 aromatic carbocycles. The summed E-state index contributed by atoms with van der Waals surface area (Å²) in [6.07, 6.45) is 0. The molecule has 3 N–H and O–H groups in total. The normalized spacial score (nSPS) is 10.3. The van der Waals surface area contributed by atoms with Gasteiger partial charge in [0.15, 0.2) is 0 Å². The molecule has 2 nitrogen and oxygen atoms in total. The second kappa shape index (κ2) is 5.10. The first kappa shape index (κ1) is 12.5. The molecular weight excluding hydrogens is 344 g/mol. The number of nitrogens with two attached hydrogens (primary N) is 1. The monoisotopic (exact) mass is 354 g/mol. The van der Waals surface area contributed by atoms with Crippen LogP contribution in [0.4, 0.5) is 17.1 Å². The summed E-state index contributed by atoms with van der Waals surface area (Å²) in [5, 5.41) is 3.38. The van der Waals surface area contributed by atoms with Crippen LogP contribution >= 0.6 is 31.9 Å². The molecule has 0 saturated heterocycles. The van der Waals surface area contributed by atoms with Gasteiger partial charge in [0, 0.05) is 20.3 Å². The maximum absolute atomic E-state index is 5.71. The van der Waals surface area contributed by atoms with Crippen molar-refractivity contribution in [2.24, 2.45) is 0 Å². The lowest BCUT2D eigenvalue weighted by molar-refractivity contribution is 1.41. The zero-order chi connectivity index (χ0) is 12.4. The standard InChI is InChI=1S/C13H12Br2N2/c1-8-2-3-9(14)6-13(8)17-12-5-4-10(16)7-11(12)15/h2-7,17H,16H2,1H3. The highest BCUT2D eigenvalue weighted by Crippen LogP contribution is 2.30. The molecule has 2 aromatic rings. The molecule has 0 aliphatic heterocycles. The van der Waals surface area contributed by atoms with Crippen LogP contribution < -0.4 is 11.1 Å². The van der Waals surface area contributed by atoms with Gasteiger partial charge in [0.25, 0.3) is 0 Å². The van der Waals surface area contributed by atoms with Crippen LogP contribution in [0.2, 0.25) is 0 Å². The minimum Gasteiger partial charge on any atom is -0.399 e. The Morgan fingerprint density at radius 2 is 1.76 bits per heavy atom.